The highest BCUT2D eigenvalue weighted by Gasteiger charge is 2.29. The van der Waals surface area contributed by atoms with Crippen molar-refractivity contribution in [3.05, 3.63) is 77.6 Å². The average Bonchev–Trinajstić information content (AvgIpc) is 3.08. The Bertz CT molecular complexity index is 1060. The molecule has 0 bridgehead atoms. The molecular formula is C25H28N4O2. The molecule has 6 heteroatoms. The summed E-state index contributed by atoms with van der Waals surface area (Å²) in [5.41, 5.74) is 4.38. The third-order valence-corrected chi connectivity index (χ3v) is 5.88. The number of amides is 2. The molecule has 1 atom stereocenters. The third kappa shape index (κ3) is 4.68. The molecule has 0 unspecified atom stereocenters. The molecule has 31 heavy (non-hydrogen) atoms. The molecule has 3 aromatic rings. The van der Waals surface area contributed by atoms with Crippen molar-refractivity contribution in [3.63, 3.8) is 0 Å². The van der Waals surface area contributed by atoms with Crippen LogP contribution in [0.2, 0.25) is 0 Å². The molecule has 2 heterocycles. The maximum Gasteiger partial charge on any atom is 0.229 e. The van der Waals surface area contributed by atoms with E-state index >= 15 is 0 Å². The number of rotatable bonds is 5. The minimum atomic E-state index is -0.215. The van der Waals surface area contributed by atoms with Crippen LogP contribution in [0.3, 0.4) is 0 Å². The van der Waals surface area contributed by atoms with E-state index in [-0.39, 0.29) is 17.7 Å². The van der Waals surface area contributed by atoms with Crippen molar-refractivity contribution >= 4 is 17.5 Å². The van der Waals surface area contributed by atoms with Gasteiger partial charge in [-0.1, -0.05) is 48.5 Å². The topological polar surface area (TPSA) is 67.2 Å². The zero-order valence-electron chi connectivity index (χ0n) is 18.0. The van der Waals surface area contributed by atoms with Crippen LogP contribution >= 0.6 is 0 Å². The molecular weight excluding hydrogens is 388 g/mol. The van der Waals surface area contributed by atoms with Crippen LogP contribution in [0, 0.1) is 19.8 Å². The Morgan fingerprint density at radius 3 is 2.42 bits per heavy atom. The molecule has 2 aromatic carbocycles. The number of para-hydroxylation sites is 1. The van der Waals surface area contributed by atoms with Crippen LogP contribution in [0.4, 0.5) is 5.69 Å². The Labute approximate surface area is 182 Å². The van der Waals surface area contributed by atoms with Crippen LogP contribution in [-0.2, 0) is 16.0 Å². The zero-order chi connectivity index (χ0) is 21.8. The minimum absolute atomic E-state index is 0.0453. The summed E-state index contributed by atoms with van der Waals surface area (Å²) in [6, 6.07) is 19.6. The predicted octanol–water partition coefficient (Wildman–Crippen LogP) is 3.91. The fourth-order valence-corrected chi connectivity index (χ4v) is 4.17. The molecule has 0 aliphatic carbocycles. The van der Waals surface area contributed by atoms with Crippen LogP contribution in [0.1, 0.15) is 29.8 Å². The number of aryl methyl sites for hydroxylation is 1. The Morgan fingerprint density at radius 2 is 1.71 bits per heavy atom. The molecule has 1 aliphatic heterocycles. The van der Waals surface area contributed by atoms with Gasteiger partial charge in [-0.05, 0) is 44.4 Å². The van der Waals surface area contributed by atoms with E-state index in [0.29, 0.717) is 19.5 Å². The molecule has 0 radical (unpaired) electrons. The molecule has 1 saturated heterocycles. The first-order chi connectivity index (χ1) is 15.0. The Morgan fingerprint density at radius 1 is 1.03 bits per heavy atom. The predicted molar refractivity (Wildman–Crippen MR) is 121 cm³/mol. The highest BCUT2D eigenvalue weighted by atomic mass is 16.2. The summed E-state index contributed by atoms with van der Waals surface area (Å²) in [6.45, 7) is 5.03. The van der Waals surface area contributed by atoms with Gasteiger partial charge >= 0.3 is 0 Å². The second kappa shape index (κ2) is 9.16. The largest absolute Gasteiger partial charge is 0.342 e. The number of piperidine rings is 1. The minimum Gasteiger partial charge on any atom is -0.342 e. The number of hydrogen-bond acceptors (Lipinski definition) is 3. The van der Waals surface area contributed by atoms with Gasteiger partial charge in [0.1, 0.15) is 0 Å². The Hall–Kier alpha value is -3.41. The van der Waals surface area contributed by atoms with E-state index in [1.807, 2.05) is 84.1 Å². The number of anilines is 1. The lowest BCUT2D eigenvalue weighted by Gasteiger charge is -2.32. The average molecular weight is 417 g/mol. The van der Waals surface area contributed by atoms with E-state index in [1.165, 1.54) is 0 Å². The van der Waals surface area contributed by atoms with Crippen molar-refractivity contribution in [3.8, 4) is 5.69 Å². The van der Waals surface area contributed by atoms with Crippen LogP contribution in [0.25, 0.3) is 5.69 Å². The van der Waals surface area contributed by atoms with E-state index in [0.717, 1.165) is 41.2 Å². The second-order valence-corrected chi connectivity index (χ2v) is 8.12. The number of carbonyl (C=O) groups excluding carboxylic acids is 2. The number of hydrogen-bond donors (Lipinski definition) is 1. The molecule has 1 aromatic heterocycles. The Balaban J connectivity index is 1.43. The summed E-state index contributed by atoms with van der Waals surface area (Å²) in [4.78, 5) is 27.6. The maximum absolute atomic E-state index is 13.1. The van der Waals surface area contributed by atoms with Gasteiger partial charge in [-0.15, -0.1) is 0 Å². The third-order valence-electron chi connectivity index (χ3n) is 5.88. The normalized spacial score (nSPS) is 16.2. The Kier molecular flexibility index (Phi) is 6.16. The number of carbonyl (C=O) groups is 2. The van der Waals surface area contributed by atoms with Gasteiger partial charge in [-0.25, -0.2) is 4.68 Å². The standard InChI is InChI=1S/C25H28N4O2/c1-18-24(19(2)29(27-18)22-13-7-4-8-14-22)26-25(31)21-12-9-15-28(17-21)23(30)16-20-10-5-3-6-11-20/h3-8,10-11,13-14,21H,9,12,15-17H2,1-2H3,(H,26,31)/t21-/m0/s1. The van der Waals surface area contributed by atoms with Crippen molar-refractivity contribution < 1.29 is 9.59 Å². The van der Waals surface area contributed by atoms with Crippen LogP contribution in [0.15, 0.2) is 60.7 Å². The van der Waals surface area contributed by atoms with Gasteiger partial charge in [0, 0.05) is 13.1 Å². The van der Waals surface area contributed by atoms with Gasteiger partial charge < -0.3 is 10.2 Å². The fourth-order valence-electron chi connectivity index (χ4n) is 4.17. The SMILES string of the molecule is Cc1nn(-c2ccccc2)c(C)c1NC(=O)[C@H]1CCCN(C(=O)Cc2ccccc2)C1. The number of nitrogens with zero attached hydrogens (tertiary/aromatic N) is 3. The van der Waals surface area contributed by atoms with Gasteiger partial charge in [0.25, 0.3) is 0 Å². The van der Waals surface area contributed by atoms with Gasteiger partial charge in [-0.2, -0.15) is 5.10 Å². The number of likely N-dealkylation sites (tertiary alicyclic amines) is 1. The highest BCUT2D eigenvalue weighted by molar-refractivity contribution is 5.94. The first-order valence-corrected chi connectivity index (χ1v) is 10.8. The summed E-state index contributed by atoms with van der Waals surface area (Å²) in [5.74, 6) is -0.184. The molecule has 1 fully saturated rings. The van der Waals surface area contributed by atoms with Crippen molar-refractivity contribution in [1.82, 2.24) is 14.7 Å². The van der Waals surface area contributed by atoms with Gasteiger partial charge in [0.2, 0.25) is 11.8 Å². The molecule has 4 rings (SSSR count). The van der Waals surface area contributed by atoms with E-state index in [2.05, 4.69) is 10.4 Å². The molecule has 1 aliphatic rings. The quantitative estimate of drug-likeness (QED) is 0.686. The first-order valence-electron chi connectivity index (χ1n) is 10.8. The zero-order valence-corrected chi connectivity index (χ0v) is 18.0. The molecule has 0 saturated carbocycles. The summed E-state index contributed by atoms with van der Waals surface area (Å²) in [6.07, 6.45) is 1.99. The van der Waals surface area contributed by atoms with Crippen LogP contribution in [-0.4, -0.2) is 39.6 Å². The number of aromatic nitrogens is 2. The van der Waals surface area contributed by atoms with Gasteiger partial charge in [-0.3, -0.25) is 9.59 Å². The summed E-state index contributed by atoms with van der Waals surface area (Å²) in [7, 11) is 0. The smallest absolute Gasteiger partial charge is 0.229 e. The fraction of sp³-hybridized carbons (Fsp3) is 0.320. The van der Waals surface area contributed by atoms with Crippen molar-refractivity contribution in [1.29, 1.82) is 0 Å². The number of benzene rings is 2. The maximum atomic E-state index is 13.1. The lowest BCUT2D eigenvalue weighted by molar-refractivity contribution is -0.133. The number of nitrogens with one attached hydrogen (secondary N) is 1. The molecule has 1 N–H and O–H groups in total. The monoisotopic (exact) mass is 416 g/mol. The van der Waals surface area contributed by atoms with Crippen LogP contribution < -0.4 is 5.32 Å². The first kappa shape index (κ1) is 20.8. The molecule has 2 amide bonds. The lowest BCUT2D eigenvalue weighted by atomic mass is 9.96. The lowest BCUT2D eigenvalue weighted by Crippen LogP contribution is -2.44. The van der Waals surface area contributed by atoms with Crippen LogP contribution in [0.5, 0.6) is 0 Å². The van der Waals surface area contributed by atoms with Crippen molar-refractivity contribution in [2.75, 3.05) is 18.4 Å². The highest BCUT2D eigenvalue weighted by Crippen LogP contribution is 2.25. The molecule has 0 spiro atoms. The van der Waals surface area contributed by atoms with E-state index in [1.54, 1.807) is 0 Å². The summed E-state index contributed by atoms with van der Waals surface area (Å²) in [5, 5.41) is 7.69. The van der Waals surface area contributed by atoms with E-state index in [4.69, 9.17) is 0 Å². The molecule has 6 nitrogen and oxygen atoms in total. The molecule has 160 valence electrons. The van der Waals surface area contributed by atoms with Crippen molar-refractivity contribution in [2.45, 2.75) is 33.1 Å². The second-order valence-electron chi connectivity index (χ2n) is 8.12. The summed E-state index contributed by atoms with van der Waals surface area (Å²) < 4.78 is 1.85. The van der Waals surface area contributed by atoms with Crippen molar-refractivity contribution in [2.24, 2.45) is 5.92 Å². The van der Waals surface area contributed by atoms with E-state index in [9.17, 15) is 9.59 Å². The van der Waals surface area contributed by atoms with Gasteiger partial charge in [0.15, 0.2) is 0 Å². The van der Waals surface area contributed by atoms with E-state index < -0.39 is 0 Å². The van der Waals surface area contributed by atoms with Gasteiger partial charge in [0.05, 0.1) is 35.1 Å². The summed E-state index contributed by atoms with van der Waals surface area (Å²) >= 11 is 0.